The minimum absolute atomic E-state index is 0.134. The van der Waals surface area contributed by atoms with Gasteiger partial charge in [0.1, 0.15) is 11.5 Å². The molecule has 0 bridgehead atoms. The van der Waals surface area contributed by atoms with Crippen LogP contribution in [0, 0.1) is 12.3 Å². The molecule has 128 valence electrons. The molecule has 0 fully saturated rings. The van der Waals surface area contributed by atoms with Gasteiger partial charge in [-0.1, -0.05) is 12.1 Å². The van der Waals surface area contributed by atoms with Gasteiger partial charge in [-0.05, 0) is 48.4 Å². The molecule has 0 saturated heterocycles. The first-order valence-electron chi connectivity index (χ1n) is 7.16. The Hall–Kier alpha value is -2.70. The molecule has 0 unspecified atom stereocenters. The maximum absolute atomic E-state index is 12.8. The summed E-state index contributed by atoms with van der Waals surface area (Å²) < 4.78 is 48.8. The van der Waals surface area contributed by atoms with Crippen molar-refractivity contribution in [3.63, 3.8) is 0 Å². The molecule has 0 amide bonds. The van der Waals surface area contributed by atoms with Crippen LogP contribution in [0.3, 0.4) is 0 Å². The summed E-state index contributed by atoms with van der Waals surface area (Å²) in [5, 5.41) is 6.95. The van der Waals surface area contributed by atoms with E-state index in [1.54, 1.807) is 37.3 Å². The Morgan fingerprint density at radius 3 is 2.33 bits per heavy atom. The van der Waals surface area contributed by atoms with Gasteiger partial charge in [-0.2, -0.15) is 13.2 Å². The van der Waals surface area contributed by atoms with Gasteiger partial charge >= 0.3 is 6.18 Å². The Balaban J connectivity index is 2.06. The summed E-state index contributed by atoms with van der Waals surface area (Å²) in [5.41, 5.74) is 5.75. The van der Waals surface area contributed by atoms with Crippen molar-refractivity contribution in [1.29, 1.82) is 5.41 Å². The zero-order chi connectivity index (χ0) is 17.7. The molecule has 0 heterocycles. The average Bonchev–Trinajstić information content (AvgIpc) is 2.47. The van der Waals surface area contributed by atoms with Gasteiger partial charge in [0, 0.05) is 6.42 Å². The average molecular weight is 338 g/mol. The predicted molar refractivity (Wildman–Crippen MR) is 84.3 cm³/mol. The van der Waals surface area contributed by atoms with Gasteiger partial charge in [-0.3, -0.25) is 5.41 Å². The van der Waals surface area contributed by atoms with E-state index in [4.69, 9.17) is 20.6 Å². The van der Waals surface area contributed by atoms with Gasteiger partial charge < -0.3 is 15.2 Å². The fraction of sp³-hybridized carbons (Fsp3) is 0.235. The molecule has 0 aliphatic rings. The Labute approximate surface area is 137 Å². The van der Waals surface area contributed by atoms with E-state index in [9.17, 15) is 13.2 Å². The molecule has 2 aromatic rings. The van der Waals surface area contributed by atoms with Gasteiger partial charge in [0.2, 0.25) is 0 Å². The molecule has 0 aromatic heterocycles. The minimum Gasteiger partial charge on any atom is -0.465 e. The van der Waals surface area contributed by atoms with Crippen LogP contribution in [0.2, 0.25) is 0 Å². The van der Waals surface area contributed by atoms with Crippen LogP contribution >= 0.6 is 0 Å². The summed E-state index contributed by atoms with van der Waals surface area (Å²) in [5.74, 6) is 0.569. The zero-order valence-electron chi connectivity index (χ0n) is 13.0. The zero-order valence-corrected chi connectivity index (χ0v) is 13.0. The number of nitrogens with one attached hydrogen (secondary N) is 1. The van der Waals surface area contributed by atoms with Crippen molar-refractivity contribution in [2.24, 2.45) is 5.73 Å². The predicted octanol–water partition coefficient (Wildman–Crippen LogP) is 4.26. The summed E-state index contributed by atoms with van der Waals surface area (Å²) in [7, 11) is 0. The number of aryl methyl sites for hydroxylation is 1. The third-order valence-corrected chi connectivity index (χ3v) is 3.19. The van der Waals surface area contributed by atoms with Crippen LogP contribution in [0.1, 0.15) is 16.7 Å². The summed E-state index contributed by atoms with van der Waals surface area (Å²) in [6.07, 6.45) is -3.85. The van der Waals surface area contributed by atoms with Crippen LogP contribution in [0.15, 0.2) is 42.5 Å². The first-order chi connectivity index (χ1) is 11.2. The first kappa shape index (κ1) is 17.7. The van der Waals surface area contributed by atoms with E-state index < -0.39 is 11.7 Å². The highest BCUT2D eigenvalue weighted by Crippen LogP contribution is 2.34. The van der Waals surface area contributed by atoms with Crippen molar-refractivity contribution in [2.75, 3.05) is 6.61 Å². The monoisotopic (exact) mass is 338 g/mol. The third kappa shape index (κ3) is 5.19. The number of amidine groups is 1. The van der Waals surface area contributed by atoms with Crippen molar-refractivity contribution < 1.29 is 22.6 Å². The van der Waals surface area contributed by atoms with Crippen LogP contribution in [-0.4, -0.2) is 12.6 Å². The van der Waals surface area contributed by atoms with Crippen LogP contribution in [-0.2, 0) is 17.3 Å². The van der Waals surface area contributed by atoms with Crippen LogP contribution in [0.4, 0.5) is 13.2 Å². The third-order valence-electron chi connectivity index (χ3n) is 3.19. The second-order valence-corrected chi connectivity index (χ2v) is 5.24. The number of ether oxygens (including phenoxy) is 2. The minimum atomic E-state index is -4.41. The van der Waals surface area contributed by atoms with Crippen molar-refractivity contribution in [3.05, 3.63) is 59.2 Å². The Bertz CT molecular complexity index is 713. The highest BCUT2D eigenvalue weighted by molar-refractivity contribution is 5.67. The normalized spacial score (nSPS) is 11.2. The molecule has 24 heavy (non-hydrogen) atoms. The van der Waals surface area contributed by atoms with Gasteiger partial charge in [0.25, 0.3) is 6.02 Å². The second-order valence-electron chi connectivity index (χ2n) is 5.24. The Kier molecular flexibility index (Phi) is 5.33. The molecule has 2 aromatic carbocycles. The number of nitrogens with two attached hydrogens (primary N) is 1. The highest BCUT2D eigenvalue weighted by atomic mass is 19.4. The molecule has 0 radical (unpaired) electrons. The van der Waals surface area contributed by atoms with Crippen molar-refractivity contribution in [1.82, 2.24) is 0 Å². The summed E-state index contributed by atoms with van der Waals surface area (Å²) >= 11 is 0. The standard InChI is InChI=1S/C17H17F3N2O2/c1-11-8-13(17(18,19)20)10-15(9-11)24-14-4-2-12(3-5-14)6-7-23-16(21)22/h2-5,8-10H,6-7H2,1H3,(H3,21,22). The van der Waals surface area contributed by atoms with Gasteiger partial charge in [0.05, 0.1) is 12.2 Å². The lowest BCUT2D eigenvalue weighted by Gasteiger charge is -2.12. The number of rotatable bonds is 5. The molecule has 0 spiro atoms. The van der Waals surface area contributed by atoms with E-state index in [-0.39, 0.29) is 18.4 Å². The lowest BCUT2D eigenvalue weighted by molar-refractivity contribution is -0.137. The maximum Gasteiger partial charge on any atom is 0.416 e. The van der Waals surface area contributed by atoms with E-state index >= 15 is 0 Å². The van der Waals surface area contributed by atoms with Crippen molar-refractivity contribution in [2.45, 2.75) is 19.5 Å². The second kappa shape index (κ2) is 7.25. The first-order valence-corrected chi connectivity index (χ1v) is 7.16. The fourth-order valence-electron chi connectivity index (χ4n) is 2.11. The molecule has 3 N–H and O–H groups in total. The van der Waals surface area contributed by atoms with E-state index in [0.29, 0.717) is 17.7 Å². The fourth-order valence-corrected chi connectivity index (χ4v) is 2.11. The molecular weight excluding hydrogens is 321 g/mol. The number of benzene rings is 2. The van der Waals surface area contributed by atoms with Crippen molar-refractivity contribution in [3.8, 4) is 11.5 Å². The van der Waals surface area contributed by atoms with Gasteiger partial charge in [-0.25, -0.2) is 0 Å². The van der Waals surface area contributed by atoms with Crippen molar-refractivity contribution >= 4 is 6.02 Å². The smallest absolute Gasteiger partial charge is 0.416 e. The molecule has 0 atom stereocenters. The number of alkyl halides is 3. The number of hydrogen-bond donors (Lipinski definition) is 2. The van der Waals surface area contributed by atoms with Gasteiger partial charge in [0.15, 0.2) is 0 Å². The number of hydrogen-bond acceptors (Lipinski definition) is 3. The maximum atomic E-state index is 12.8. The van der Waals surface area contributed by atoms with E-state index in [0.717, 1.165) is 17.7 Å². The Morgan fingerprint density at radius 2 is 1.75 bits per heavy atom. The molecule has 0 saturated carbocycles. The Morgan fingerprint density at radius 1 is 1.08 bits per heavy atom. The molecule has 2 rings (SSSR count). The topological polar surface area (TPSA) is 68.3 Å². The molecule has 0 aliphatic carbocycles. The van der Waals surface area contributed by atoms with E-state index in [1.807, 2.05) is 0 Å². The quantitative estimate of drug-likeness (QED) is 0.632. The van der Waals surface area contributed by atoms with Gasteiger partial charge in [-0.15, -0.1) is 0 Å². The summed E-state index contributed by atoms with van der Waals surface area (Å²) in [4.78, 5) is 0. The van der Waals surface area contributed by atoms with E-state index in [2.05, 4.69) is 0 Å². The highest BCUT2D eigenvalue weighted by Gasteiger charge is 2.31. The SMILES string of the molecule is Cc1cc(Oc2ccc(CCOC(=N)N)cc2)cc(C(F)(F)F)c1. The van der Waals surface area contributed by atoms with Crippen LogP contribution < -0.4 is 10.5 Å². The summed E-state index contributed by atoms with van der Waals surface area (Å²) in [6.45, 7) is 1.86. The van der Waals surface area contributed by atoms with E-state index in [1.165, 1.54) is 0 Å². The number of halogens is 3. The molecule has 7 heteroatoms. The van der Waals surface area contributed by atoms with Crippen LogP contribution in [0.5, 0.6) is 11.5 Å². The lowest BCUT2D eigenvalue weighted by atomic mass is 10.1. The molecule has 4 nitrogen and oxygen atoms in total. The lowest BCUT2D eigenvalue weighted by Crippen LogP contribution is -2.15. The molecule has 0 aliphatic heterocycles. The van der Waals surface area contributed by atoms with Crippen LogP contribution in [0.25, 0.3) is 0 Å². The largest absolute Gasteiger partial charge is 0.465 e. The molecular formula is C17H17F3N2O2. The summed E-state index contributed by atoms with van der Waals surface area (Å²) in [6, 6.07) is 10.1.